The second-order valence-corrected chi connectivity index (χ2v) is 6.83. The molecule has 3 heterocycles. The van der Waals surface area contributed by atoms with Gasteiger partial charge in [0.05, 0.1) is 16.4 Å². The van der Waals surface area contributed by atoms with Crippen LogP contribution in [0.1, 0.15) is 23.8 Å². The molecule has 5 nitrogen and oxygen atoms in total. The number of alkyl halides is 3. The van der Waals surface area contributed by atoms with E-state index in [2.05, 4.69) is 10.1 Å². The monoisotopic (exact) mass is 379 g/mol. The Morgan fingerprint density at radius 3 is 2.62 bits per heavy atom. The van der Waals surface area contributed by atoms with Gasteiger partial charge in [0.25, 0.3) is 0 Å². The number of amides is 1. The van der Waals surface area contributed by atoms with E-state index in [1.807, 2.05) is 17.5 Å². The smallest absolute Gasteiger partial charge is 0.339 e. The van der Waals surface area contributed by atoms with Crippen molar-refractivity contribution in [2.45, 2.75) is 18.5 Å². The minimum atomic E-state index is -4.40. The highest BCUT2D eigenvalue weighted by molar-refractivity contribution is 7.13. The number of thiophene rings is 1. The highest BCUT2D eigenvalue weighted by Crippen LogP contribution is 2.34. The van der Waals surface area contributed by atoms with E-state index in [0.717, 1.165) is 17.0 Å². The van der Waals surface area contributed by atoms with Crippen LogP contribution in [0.25, 0.3) is 10.7 Å². The summed E-state index contributed by atoms with van der Waals surface area (Å²) in [6, 6.07) is 8.28. The van der Waals surface area contributed by atoms with Crippen LogP contribution in [0.2, 0.25) is 0 Å². The van der Waals surface area contributed by atoms with Gasteiger partial charge in [0, 0.05) is 18.7 Å². The second kappa shape index (κ2) is 6.24. The van der Waals surface area contributed by atoms with Gasteiger partial charge in [-0.25, -0.2) is 0 Å². The van der Waals surface area contributed by atoms with Crippen molar-refractivity contribution >= 4 is 22.9 Å². The summed E-state index contributed by atoms with van der Waals surface area (Å²) in [7, 11) is 0. The quantitative estimate of drug-likeness (QED) is 0.679. The van der Waals surface area contributed by atoms with Crippen LogP contribution in [0.15, 0.2) is 46.3 Å². The van der Waals surface area contributed by atoms with Gasteiger partial charge in [-0.2, -0.15) is 18.2 Å². The van der Waals surface area contributed by atoms with Crippen LogP contribution in [0.4, 0.5) is 18.9 Å². The zero-order valence-corrected chi connectivity index (χ0v) is 14.0. The number of hydrogen-bond donors (Lipinski definition) is 0. The summed E-state index contributed by atoms with van der Waals surface area (Å²) in [4.78, 5) is 18.9. The molecule has 1 saturated heterocycles. The Morgan fingerprint density at radius 1 is 1.19 bits per heavy atom. The Balaban J connectivity index is 1.52. The summed E-state index contributed by atoms with van der Waals surface area (Å²) in [5.41, 5.74) is -0.328. The Hall–Kier alpha value is -2.68. The lowest BCUT2D eigenvalue weighted by Gasteiger charge is -2.17. The molecule has 0 radical (unpaired) electrons. The van der Waals surface area contributed by atoms with E-state index in [1.165, 1.54) is 28.4 Å². The lowest BCUT2D eigenvalue weighted by atomic mass is 10.1. The minimum absolute atomic E-state index is 0.174. The maximum Gasteiger partial charge on any atom is 0.416 e. The number of carbonyl (C=O) groups is 1. The lowest BCUT2D eigenvalue weighted by molar-refractivity contribution is -0.137. The van der Waals surface area contributed by atoms with Gasteiger partial charge in [-0.3, -0.25) is 4.79 Å². The average molecular weight is 379 g/mol. The van der Waals surface area contributed by atoms with Crippen LogP contribution in [0.5, 0.6) is 0 Å². The van der Waals surface area contributed by atoms with E-state index >= 15 is 0 Å². The highest BCUT2D eigenvalue weighted by atomic mass is 32.1. The standard InChI is InChI=1S/C17H12F3N3O2S/c18-17(19,20)11-3-5-12(6-4-11)23-9-10(8-14(23)24)16-21-15(22-25-16)13-2-1-7-26-13/h1-7,10H,8-9H2. The van der Waals surface area contributed by atoms with Crippen molar-refractivity contribution in [2.75, 3.05) is 11.4 Å². The van der Waals surface area contributed by atoms with Gasteiger partial charge in [0.2, 0.25) is 17.6 Å². The predicted octanol–water partition coefficient (Wildman–Crippen LogP) is 4.34. The molecule has 134 valence electrons. The molecule has 1 unspecified atom stereocenters. The van der Waals surface area contributed by atoms with E-state index in [4.69, 9.17) is 4.52 Å². The van der Waals surface area contributed by atoms with Crippen molar-refractivity contribution in [3.8, 4) is 10.7 Å². The molecule has 0 saturated carbocycles. The Kier molecular flexibility index (Phi) is 4.03. The molecule has 9 heteroatoms. The normalized spacial score (nSPS) is 17.9. The third-order valence-corrected chi connectivity index (χ3v) is 5.03. The zero-order valence-electron chi connectivity index (χ0n) is 13.2. The fraction of sp³-hybridized carbons (Fsp3) is 0.235. The average Bonchev–Trinajstić information content (AvgIpc) is 3.34. The Morgan fingerprint density at radius 2 is 1.96 bits per heavy atom. The molecule has 1 aliphatic rings. The van der Waals surface area contributed by atoms with E-state index in [0.29, 0.717) is 17.4 Å². The number of rotatable bonds is 3. The largest absolute Gasteiger partial charge is 0.416 e. The molecular formula is C17H12F3N3O2S. The summed E-state index contributed by atoms with van der Waals surface area (Å²) < 4.78 is 43.3. The van der Waals surface area contributed by atoms with Crippen molar-refractivity contribution < 1.29 is 22.5 Å². The lowest BCUT2D eigenvalue weighted by Crippen LogP contribution is -2.24. The zero-order chi connectivity index (χ0) is 18.3. The molecule has 0 N–H and O–H groups in total. The van der Waals surface area contributed by atoms with Crippen molar-refractivity contribution in [3.05, 3.63) is 53.2 Å². The molecule has 0 aliphatic carbocycles. The first-order valence-electron chi connectivity index (χ1n) is 7.77. The summed E-state index contributed by atoms with van der Waals surface area (Å²) >= 11 is 1.48. The van der Waals surface area contributed by atoms with Gasteiger partial charge in [-0.15, -0.1) is 11.3 Å². The highest BCUT2D eigenvalue weighted by Gasteiger charge is 2.36. The summed E-state index contributed by atoms with van der Waals surface area (Å²) in [5, 5.41) is 5.83. The number of halogens is 3. The van der Waals surface area contributed by atoms with E-state index < -0.39 is 11.7 Å². The van der Waals surface area contributed by atoms with Crippen molar-refractivity contribution in [1.29, 1.82) is 0 Å². The van der Waals surface area contributed by atoms with Crippen LogP contribution >= 0.6 is 11.3 Å². The van der Waals surface area contributed by atoms with E-state index in [9.17, 15) is 18.0 Å². The topological polar surface area (TPSA) is 59.2 Å². The van der Waals surface area contributed by atoms with Gasteiger partial charge < -0.3 is 9.42 Å². The molecule has 1 atom stereocenters. The fourth-order valence-electron chi connectivity index (χ4n) is 2.86. The first kappa shape index (κ1) is 16.8. The van der Waals surface area contributed by atoms with E-state index in [1.54, 1.807) is 0 Å². The van der Waals surface area contributed by atoms with Crippen molar-refractivity contribution in [1.82, 2.24) is 10.1 Å². The second-order valence-electron chi connectivity index (χ2n) is 5.88. The first-order chi connectivity index (χ1) is 12.4. The third kappa shape index (κ3) is 3.10. The summed E-state index contributed by atoms with van der Waals surface area (Å²) in [6.45, 7) is 0.288. The summed E-state index contributed by atoms with van der Waals surface area (Å²) in [6.07, 6.45) is -4.23. The van der Waals surface area contributed by atoms with Gasteiger partial charge in [0.15, 0.2) is 0 Å². The maximum atomic E-state index is 12.7. The molecule has 0 bridgehead atoms. The van der Waals surface area contributed by atoms with Crippen LogP contribution in [0.3, 0.4) is 0 Å². The first-order valence-corrected chi connectivity index (χ1v) is 8.65. The Bertz CT molecular complexity index is 920. The molecule has 3 aromatic rings. The van der Waals surface area contributed by atoms with Gasteiger partial charge in [0.1, 0.15) is 0 Å². The Labute approximate surface area is 150 Å². The van der Waals surface area contributed by atoms with Crippen LogP contribution in [-0.2, 0) is 11.0 Å². The van der Waals surface area contributed by atoms with Crippen molar-refractivity contribution in [3.63, 3.8) is 0 Å². The van der Waals surface area contributed by atoms with Gasteiger partial charge in [-0.05, 0) is 35.7 Å². The summed E-state index contributed by atoms with van der Waals surface area (Å²) in [5.74, 6) is 0.350. The van der Waals surface area contributed by atoms with Crippen molar-refractivity contribution in [2.24, 2.45) is 0 Å². The number of benzene rings is 1. The minimum Gasteiger partial charge on any atom is -0.339 e. The number of hydrogen-bond acceptors (Lipinski definition) is 5. The van der Waals surface area contributed by atoms with Crippen LogP contribution in [-0.4, -0.2) is 22.6 Å². The fourth-order valence-corrected chi connectivity index (χ4v) is 3.51. The number of aromatic nitrogens is 2. The van der Waals surface area contributed by atoms with Gasteiger partial charge in [-0.1, -0.05) is 11.2 Å². The maximum absolute atomic E-state index is 12.7. The molecular weight excluding hydrogens is 367 g/mol. The molecule has 4 rings (SSSR count). The van der Waals surface area contributed by atoms with Crippen LogP contribution < -0.4 is 4.90 Å². The molecule has 0 spiro atoms. The van der Waals surface area contributed by atoms with E-state index in [-0.39, 0.29) is 24.8 Å². The van der Waals surface area contributed by atoms with Crippen LogP contribution in [0, 0.1) is 0 Å². The number of anilines is 1. The molecule has 1 aromatic carbocycles. The molecule has 1 amide bonds. The number of carbonyl (C=O) groups excluding carboxylic acids is 1. The number of nitrogens with zero attached hydrogens (tertiary/aromatic N) is 3. The molecule has 1 fully saturated rings. The molecule has 2 aromatic heterocycles. The SMILES string of the molecule is O=C1CC(c2nc(-c3cccs3)no2)CN1c1ccc(C(F)(F)F)cc1. The molecule has 1 aliphatic heterocycles. The van der Waals surface area contributed by atoms with Gasteiger partial charge >= 0.3 is 6.18 Å². The third-order valence-electron chi connectivity index (χ3n) is 4.16. The molecule has 26 heavy (non-hydrogen) atoms. The predicted molar refractivity (Wildman–Crippen MR) is 88.8 cm³/mol.